The van der Waals surface area contributed by atoms with E-state index in [1.165, 1.54) is 28.8 Å². The van der Waals surface area contributed by atoms with E-state index in [0.717, 1.165) is 24.1 Å². The first-order chi connectivity index (χ1) is 19.7. The van der Waals surface area contributed by atoms with Crippen LogP contribution in [0.3, 0.4) is 0 Å². The number of pyridine rings is 2. The van der Waals surface area contributed by atoms with Gasteiger partial charge in [-0.05, 0) is 62.6 Å². The molecule has 1 aliphatic carbocycles. The van der Waals surface area contributed by atoms with Crippen LogP contribution in [0, 0.1) is 12.7 Å². The predicted octanol–water partition coefficient (Wildman–Crippen LogP) is 4.75. The number of carbonyl (C=O) groups excluding carboxylic acids is 1. The second kappa shape index (κ2) is 10.3. The molecule has 1 atom stereocenters. The molecule has 1 aliphatic heterocycles. The fourth-order valence-corrected chi connectivity index (χ4v) is 5.81. The van der Waals surface area contributed by atoms with E-state index in [2.05, 4.69) is 16.5 Å². The number of aromatic nitrogens is 4. The summed E-state index contributed by atoms with van der Waals surface area (Å²) < 4.78 is 16.4. The molecule has 6 rings (SSSR count). The fourth-order valence-electron chi connectivity index (χ4n) is 5.57. The van der Waals surface area contributed by atoms with Crippen molar-refractivity contribution in [2.45, 2.75) is 38.6 Å². The standard InChI is InChI=1S/C30H28ClFN6O3/c1-4-23(40)36-12-13-37(17(3)15-36)28-19-14-20(31)26(24-21(32)6-5-7-22(24)39)34-29(19)38(30(41)35-28)27-16(2)10-11-33-25(27)18-8-9-18/h4-7,10-11,14,17-18,39H,1,8-9,12-13,15H2,2-3H3/t17-/m0/s1. The Morgan fingerprint density at radius 3 is 2.68 bits per heavy atom. The minimum absolute atomic E-state index is 0.00373. The van der Waals surface area contributed by atoms with Crippen LogP contribution in [0.1, 0.15) is 36.9 Å². The van der Waals surface area contributed by atoms with Gasteiger partial charge in [-0.25, -0.2) is 18.7 Å². The van der Waals surface area contributed by atoms with Crippen molar-refractivity contribution in [2.24, 2.45) is 0 Å². The van der Waals surface area contributed by atoms with Gasteiger partial charge in [-0.2, -0.15) is 4.98 Å². The molecule has 11 heteroatoms. The molecule has 1 amide bonds. The van der Waals surface area contributed by atoms with Crippen LogP contribution in [-0.2, 0) is 4.79 Å². The number of rotatable bonds is 5. The smallest absolute Gasteiger partial charge is 0.355 e. The molecule has 0 spiro atoms. The van der Waals surface area contributed by atoms with Gasteiger partial charge in [0.05, 0.1) is 33.0 Å². The molecule has 1 N–H and O–H groups in total. The van der Waals surface area contributed by atoms with Crippen molar-refractivity contribution in [1.82, 2.24) is 24.4 Å². The van der Waals surface area contributed by atoms with Crippen LogP contribution in [0.25, 0.3) is 28.0 Å². The van der Waals surface area contributed by atoms with Gasteiger partial charge >= 0.3 is 5.69 Å². The fraction of sp³-hybridized carbons (Fsp3) is 0.300. The van der Waals surface area contributed by atoms with E-state index >= 15 is 4.39 Å². The first-order valence-corrected chi connectivity index (χ1v) is 13.8. The number of phenolic OH excluding ortho intramolecular Hbond substituents is 1. The summed E-state index contributed by atoms with van der Waals surface area (Å²) in [5.41, 5.74) is 1.68. The molecule has 1 saturated carbocycles. The Bertz CT molecular complexity index is 1770. The number of nitrogens with zero attached hydrogens (tertiary/aromatic N) is 6. The summed E-state index contributed by atoms with van der Waals surface area (Å²) in [7, 11) is 0. The maximum atomic E-state index is 15.0. The van der Waals surface area contributed by atoms with Gasteiger partial charge in [0.2, 0.25) is 5.91 Å². The van der Waals surface area contributed by atoms with E-state index in [9.17, 15) is 14.7 Å². The SMILES string of the molecule is C=CC(=O)N1CCN(c2nc(=O)n(-c3c(C)ccnc3C3CC3)c3nc(-c4c(O)cccc4F)c(Cl)cc23)[C@@H](C)C1. The molecule has 0 radical (unpaired) electrons. The number of aromatic hydroxyl groups is 1. The molecule has 2 aliphatic rings. The lowest BCUT2D eigenvalue weighted by Crippen LogP contribution is -2.54. The monoisotopic (exact) mass is 574 g/mol. The van der Waals surface area contributed by atoms with Crippen LogP contribution in [0.4, 0.5) is 10.2 Å². The van der Waals surface area contributed by atoms with Crippen molar-refractivity contribution in [3.8, 4) is 22.7 Å². The number of carbonyl (C=O) groups is 1. The third-order valence-electron chi connectivity index (χ3n) is 7.76. The quantitative estimate of drug-likeness (QED) is 0.343. The van der Waals surface area contributed by atoms with Gasteiger partial charge in [-0.1, -0.05) is 24.2 Å². The summed E-state index contributed by atoms with van der Waals surface area (Å²) in [6, 6.07) is 7.21. The minimum Gasteiger partial charge on any atom is -0.507 e. The molecule has 4 aromatic rings. The Morgan fingerprint density at radius 2 is 2.00 bits per heavy atom. The number of benzene rings is 1. The lowest BCUT2D eigenvalue weighted by Gasteiger charge is -2.40. The van der Waals surface area contributed by atoms with E-state index in [1.807, 2.05) is 24.8 Å². The van der Waals surface area contributed by atoms with Crippen molar-refractivity contribution in [3.63, 3.8) is 0 Å². The lowest BCUT2D eigenvalue weighted by atomic mass is 10.1. The second-order valence-electron chi connectivity index (χ2n) is 10.5. The van der Waals surface area contributed by atoms with E-state index in [0.29, 0.717) is 36.5 Å². The maximum absolute atomic E-state index is 15.0. The number of fused-ring (bicyclic) bond motifs is 1. The molecule has 41 heavy (non-hydrogen) atoms. The number of phenols is 1. The third-order valence-corrected chi connectivity index (χ3v) is 8.05. The summed E-state index contributed by atoms with van der Waals surface area (Å²) in [5, 5.41) is 11.1. The normalized spacial score (nSPS) is 17.2. The van der Waals surface area contributed by atoms with Crippen LogP contribution < -0.4 is 10.6 Å². The molecule has 3 aromatic heterocycles. The summed E-state index contributed by atoms with van der Waals surface area (Å²) in [5.74, 6) is -0.606. The average Bonchev–Trinajstić information content (AvgIpc) is 3.79. The van der Waals surface area contributed by atoms with Gasteiger partial charge in [0.25, 0.3) is 0 Å². The van der Waals surface area contributed by atoms with Gasteiger partial charge in [0, 0.05) is 37.8 Å². The molecule has 4 heterocycles. The van der Waals surface area contributed by atoms with Gasteiger partial charge in [0.1, 0.15) is 17.4 Å². The van der Waals surface area contributed by atoms with Gasteiger partial charge in [-0.15, -0.1) is 0 Å². The average molecular weight is 575 g/mol. The number of anilines is 1. The van der Waals surface area contributed by atoms with E-state index < -0.39 is 11.5 Å². The Hall–Kier alpha value is -4.31. The molecular formula is C30H28ClFN6O3. The highest BCUT2D eigenvalue weighted by Crippen LogP contribution is 2.43. The zero-order chi connectivity index (χ0) is 29.0. The number of hydrogen-bond donors (Lipinski definition) is 1. The molecular weight excluding hydrogens is 547 g/mol. The van der Waals surface area contributed by atoms with Crippen LogP contribution >= 0.6 is 11.6 Å². The summed E-state index contributed by atoms with van der Waals surface area (Å²) in [6.45, 7) is 8.66. The Labute approximate surface area is 240 Å². The van der Waals surface area contributed by atoms with Crippen LogP contribution in [-0.4, -0.2) is 61.1 Å². The Kier molecular flexibility index (Phi) is 6.73. The van der Waals surface area contributed by atoms with Crippen LogP contribution in [0.2, 0.25) is 5.02 Å². The molecule has 9 nitrogen and oxygen atoms in total. The Balaban J connectivity index is 1.63. The highest BCUT2D eigenvalue weighted by Gasteiger charge is 2.33. The Morgan fingerprint density at radius 1 is 1.22 bits per heavy atom. The zero-order valence-electron chi connectivity index (χ0n) is 22.6. The number of amides is 1. The van der Waals surface area contributed by atoms with E-state index in [-0.39, 0.29) is 45.5 Å². The number of halogens is 2. The molecule has 0 unspecified atom stereocenters. The summed E-state index contributed by atoms with van der Waals surface area (Å²) in [6.07, 6.45) is 4.93. The van der Waals surface area contributed by atoms with Crippen LogP contribution in [0.15, 0.2) is 54.0 Å². The van der Waals surface area contributed by atoms with Gasteiger partial charge in [-0.3, -0.25) is 9.78 Å². The van der Waals surface area contributed by atoms with Crippen molar-refractivity contribution in [1.29, 1.82) is 0 Å². The van der Waals surface area contributed by atoms with Crippen molar-refractivity contribution >= 4 is 34.4 Å². The topological polar surface area (TPSA) is 104 Å². The minimum atomic E-state index is -0.699. The predicted molar refractivity (Wildman–Crippen MR) is 155 cm³/mol. The molecule has 2 fully saturated rings. The highest BCUT2D eigenvalue weighted by atomic mass is 35.5. The van der Waals surface area contributed by atoms with Crippen molar-refractivity contribution in [3.05, 3.63) is 81.8 Å². The second-order valence-corrected chi connectivity index (χ2v) is 11.0. The van der Waals surface area contributed by atoms with Gasteiger partial charge in [0.15, 0.2) is 5.65 Å². The maximum Gasteiger partial charge on any atom is 0.355 e. The molecule has 210 valence electrons. The summed E-state index contributed by atoms with van der Waals surface area (Å²) in [4.78, 5) is 43.8. The highest BCUT2D eigenvalue weighted by molar-refractivity contribution is 6.34. The van der Waals surface area contributed by atoms with Crippen molar-refractivity contribution in [2.75, 3.05) is 24.5 Å². The van der Waals surface area contributed by atoms with Gasteiger partial charge < -0.3 is 14.9 Å². The zero-order valence-corrected chi connectivity index (χ0v) is 23.4. The third kappa shape index (κ3) is 4.61. The number of aryl methyl sites for hydroxylation is 1. The molecule has 1 saturated heterocycles. The van der Waals surface area contributed by atoms with E-state index in [4.69, 9.17) is 16.6 Å². The number of piperazine rings is 1. The molecule has 0 bridgehead atoms. The number of hydrogen-bond acceptors (Lipinski definition) is 7. The van der Waals surface area contributed by atoms with E-state index in [1.54, 1.807) is 17.2 Å². The molecule has 1 aromatic carbocycles. The largest absolute Gasteiger partial charge is 0.507 e. The first-order valence-electron chi connectivity index (χ1n) is 13.4. The lowest BCUT2D eigenvalue weighted by molar-refractivity contribution is -0.126. The summed E-state index contributed by atoms with van der Waals surface area (Å²) >= 11 is 6.72. The van der Waals surface area contributed by atoms with Crippen molar-refractivity contribution < 1.29 is 14.3 Å². The first kappa shape index (κ1) is 26.9. The van der Waals surface area contributed by atoms with Crippen LogP contribution in [0.5, 0.6) is 5.75 Å².